The molecular weight excluding hydrogens is 552 g/mol. The molecule has 0 aliphatic rings. The Kier molecular flexibility index (Phi) is 6.64. The average molecular weight is 566 g/mol. The predicted octanol–water partition coefficient (Wildman–Crippen LogP) is 9.91. The summed E-state index contributed by atoms with van der Waals surface area (Å²) in [5, 5.41) is 10.2. The van der Waals surface area contributed by atoms with Crippen molar-refractivity contribution >= 4 is 69.3 Å². The second-order valence-electron chi connectivity index (χ2n) is 7.51. The molecule has 5 rings (SSSR count). The summed E-state index contributed by atoms with van der Waals surface area (Å²) in [4.78, 5) is 4.86. The van der Waals surface area contributed by atoms with Crippen molar-refractivity contribution in [2.75, 3.05) is 0 Å². The zero-order valence-corrected chi connectivity index (χ0v) is 22.1. The highest BCUT2D eigenvalue weighted by atomic mass is 35.5. The van der Waals surface area contributed by atoms with Gasteiger partial charge in [0.15, 0.2) is 0 Å². The van der Waals surface area contributed by atoms with E-state index in [1.807, 2.05) is 65.5 Å². The van der Waals surface area contributed by atoms with Crippen molar-refractivity contribution in [3.05, 3.63) is 96.7 Å². The van der Waals surface area contributed by atoms with E-state index in [1.165, 1.54) is 11.3 Å². The summed E-state index contributed by atoms with van der Waals surface area (Å²) in [5.41, 5.74) is 6.09. The van der Waals surface area contributed by atoms with Gasteiger partial charge in [0.25, 0.3) is 0 Å². The van der Waals surface area contributed by atoms with Gasteiger partial charge < -0.3 is 0 Å². The van der Waals surface area contributed by atoms with Gasteiger partial charge in [0, 0.05) is 32.7 Å². The Hall–Kier alpha value is -2.05. The summed E-state index contributed by atoms with van der Waals surface area (Å²) >= 11 is 32.5. The fourth-order valence-electron chi connectivity index (χ4n) is 3.65. The van der Waals surface area contributed by atoms with E-state index < -0.39 is 0 Å². The number of halogens is 5. The van der Waals surface area contributed by atoms with Crippen LogP contribution in [0, 0.1) is 6.92 Å². The van der Waals surface area contributed by atoms with Crippen LogP contribution in [0.3, 0.4) is 0 Å². The van der Waals surface area contributed by atoms with Crippen molar-refractivity contribution in [2.24, 2.45) is 0 Å². The molecule has 2 aromatic heterocycles. The van der Waals surface area contributed by atoms with Crippen molar-refractivity contribution in [3.63, 3.8) is 0 Å². The second-order valence-corrected chi connectivity index (χ2v) is 10.4. The zero-order valence-electron chi connectivity index (χ0n) is 17.5. The molecule has 3 aromatic carbocycles. The largest absolute Gasteiger partial charge is 0.218 e. The molecule has 0 bridgehead atoms. The summed E-state index contributed by atoms with van der Waals surface area (Å²) in [6.07, 6.45) is 0. The van der Waals surface area contributed by atoms with Gasteiger partial charge in [-0.25, -0.2) is 9.67 Å². The average Bonchev–Trinajstić information content (AvgIpc) is 3.43. The zero-order chi connectivity index (χ0) is 24.0. The van der Waals surface area contributed by atoms with E-state index in [2.05, 4.69) is 0 Å². The van der Waals surface area contributed by atoms with Gasteiger partial charge in [0.05, 0.1) is 37.2 Å². The van der Waals surface area contributed by atoms with E-state index in [1.54, 1.807) is 12.1 Å². The summed E-state index contributed by atoms with van der Waals surface area (Å²) < 4.78 is 1.83. The number of thiazole rings is 1. The quantitative estimate of drug-likeness (QED) is 0.217. The first-order valence-electron chi connectivity index (χ1n) is 10.0. The Morgan fingerprint density at radius 1 is 0.706 bits per heavy atom. The summed E-state index contributed by atoms with van der Waals surface area (Å²) in [6, 6.07) is 18.6. The first-order valence-corrected chi connectivity index (χ1v) is 12.8. The van der Waals surface area contributed by atoms with Crippen LogP contribution in [-0.2, 0) is 0 Å². The Labute approximate surface area is 225 Å². The lowest BCUT2D eigenvalue weighted by Crippen LogP contribution is -1.99. The SMILES string of the molecule is Cc1c(-c2ccc(Cl)c(Cl)c2)nn(-c2nc(-c3ccc(Cl)cc3)cs2)c1-c1ccc(Cl)c(Cl)c1. The van der Waals surface area contributed by atoms with E-state index in [-0.39, 0.29) is 0 Å². The Morgan fingerprint density at radius 2 is 1.29 bits per heavy atom. The van der Waals surface area contributed by atoms with E-state index in [0.29, 0.717) is 30.2 Å². The van der Waals surface area contributed by atoms with Gasteiger partial charge in [-0.15, -0.1) is 11.3 Å². The van der Waals surface area contributed by atoms with Gasteiger partial charge in [0.1, 0.15) is 0 Å². The molecule has 0 fully saturated rings. The number of nitrogens with zero attached hydrogens (tertiary/aromatic N) is 3. The number of benzene rings is 3. The lowest BCUT2D eigenvalue weighted by molar-refractivity contribution is 0.881. The molecule has 0 radical (unpaired) electrons. The van der Waals surface area contributed by atoms with Crippen LogP contribution < -0.4 is 0 Å². The number of hydrogen-bond donors (Lipinski definition) is 0. The van der Waals surface area contributed by atoms with Crippen molar-refractivity contribution in [2.45, 2.75) is 6.92 Å². The molecule has 0 saturated heterocycles. The fourth-order valence-corrected chi connectivity index (χ4v) is 5.16. The van der Waals surface area contributed by atoms with Gasteiger partial charge in [-0.1, -0.05) is 82.3 Å². The highest BCUT2D eigenvalue weighted by molar-refractivity contribution is 7.12. The van der Waals surface area contributed by atoms with Crippen LogP contribution in [0.15, 0.2) is 66.0 Å². The van der Waals surface area contributed by atoms with Crippen LogP contribution >= 0.6 is 69.3 Å². The van der Waals surface area contributed by atoms with Gasteiger partial charge >= 0.3 is 0 Å². The maximum absolute atomic E-state index is 6.36. The maximum Gasteiger partial charge on any atom is 0.211 e. The third-order valence-corrected chi connectivity index (χ3v) is 7.87. The second kappa shape index (κ2) is 9.54. The molecule has 0 spiro atoms. The van der Waals surface area contributed by atoms with Crippen LogP contribution in [0.4, 0.5) is 0 Å². The van der Waals surface area contributed by atoms with Gasteiger partial charge in [-0.2, -0.15) is 5.10 Å². The lowest BCUT2D eigenvalue weighted by atomic mass is 10.0. The molecule has 170 valence electrons. The smallest absolute Gasteiger partial charge is 0.211 e. The number of hydrogen-bond acceptors (Lipinski definition) is 3. The van der Waals surface area contributed by atoms with Crippen LogP contribution in [0.1, 0.15) is 5.56 Å². The Balaban J connectivity index is 1.70. The van der Waals surface area contributed by atoms with E-state index in [9.17, 15) is 0 Å². The third-order valence-electron chi connectivity index (χ3n) is 5.32. The van der Waals surface area contributed by atoms with Gasteiger partial charge in [-0.3, -0.25) is 0 Å². The molecule has 3 nitrogen and oxygen atoms in total. The van der Waals surface area contributed by atoms with Crippen LogP contribution in [0.25, 0.3) is 38.9 Å². The monoisotopic (exact) mass is 563 g/mol. The minimum Gasteiger partial charge on any atom is -0.218 e. The maximum atomic E-state index is 6.36. The highest BCUT2D eigenvalue weighted by Crippen LogP contribution is 2.38. The van der Waals surface area contributed by atoms with E-state index in [4.69, 9.17) is 68.1 Å². The summed E-state index contributed by atoms with van der Waals surface area (Å²) in [5.74, 6) is 0. The summed E-state index contributed by atoms with van der Waals surface area (Å²) in [7, 11) is 0. The minimum absolute atomic E-state index is 0.461. The molecule has 34 heavy (non-hydrogen) atoms. The standard InChI is InChI=1S/C25H14Cl5N3S/c1-13-23(15-4-8-18(27)20(29)10-15)32-33(24(13)16-5-9-19(28)21(30)11-16)25-31-22(12-34-25)14-2-6-17(26)7-3-14/h2-12H,1H3. The molecule has 0 aliphatic heterocycles. The third kappa shape index (κ3) is 4.47. The van der Waals surface area contributed by atoms with Crippen molar-refractivity contribution in [1.82, 2.24) is 14.8 Å². The highest BCUT2D eigenvalue weighted by Gasteiger charge is 2.22. The molecular formula is C25H14Cl5N3S. The molecule has 2 heterocycles. The normalized spacial score (nSPS) is 11.2. The minimum atomic E-state index is 0.461. The topological polar surface area (TPSA) is 30.7 Å². The molecule has 0 amide bonds. The molecule has 0 unspecified atom stereocenters. The fraction of sp³-hybridized carbons (Fsp3) is 0.0400. The van der Waals surface area contributed by atoms with Crippen LogP contribution in [0.5, 0.6) is 0 Å². The van der Waals surface area contributed by atoms with Crippen molar-refractivity contribution in [3.8, 4) is 38.9 Å². The van der Waals surface area contributed by atoms with E-state index in [0.717, 1.165) is 39.3 Å². The first-order chi connectivity index (χ1) is 16.3. The van der Waals surface area contributed by atoms with E-state index >= 15 is 0 Å². The first kappa shape index (κ1) is 23.7. The number of rotatable bonds is 4. The Bertz CT molecular complexity index is 1520. The van der Waals surface area contributed by atoms with Gasteiger partial charge in [0.2, 0.25) is 5.13 Å². The van der Waals surface area contributed by atoms with Crippen LogP contribution in [-0.4, -0.2) is 14.8 Å². The van der Waals surface area contributed by atoms with Crippen LogP contribution in [0.2, 0.25) is 25.1 Å². The molecule has 5 aromatic rings. The molecule has 9 heteroatoms. The Morgan fingerprint density at radius 3 is 1.94 bits per heavy atom. The molecule has 0 atom stereocenters. The molecule has 0 saturated carbocycles. The van der Waals surface area contributed by atoms with Crippen molar-refractivity contribution < 1.29 is 0 Å². The number of aromatic nitrogens is 3. The summed E-state index contributed by atoms with van der Waals surface area (Å²) in [6.45, 7) is 2.01. The molecule has 0 N–H and O–H groups in total. The predicted molar refractivity (Wildman–Crippen MR) is 145 cm³/mol. The lowest BCUT2D eigenvalue weighted by Gasteiger charge is -2.07. The van der Waals surface area contributed by atoms with Gasteiger partial charge in [-0.05, 0) is 43.3 Å². The molecule has 0 aliphatic carbocycles. The van der Waals surface area contributed by atoms with Crippen molar-refractivity contribution in [1.29, 1.82) is 0 Å².